The highest BCUT2D eigenvalue weighted by molar-refractivity contribution is 6.03. The fourth-order valence-corrected chi connectivity index (χ4v) is 2.61. The van der Waals surface area contributed by atoms with Crippen LogP contribution in [0.5, 0.6) is 0 Å². The van der Waals surface area contributed by atoms with E-state index in [-0.39, 0.29) is 5.69 Å². The van der Waals surface area contributed by atoms with Gasteiger partial charge in [-0.15, -0.1) is 0 Å². The third kappa shape index (κ3) is 4.88. The summed E-state index contributed by atoms with van der Waals surface area (Å²) in [5, 5.41) is 5.39. The lowest BCUT2D eigenvalue weighted by Crippen LogP contribution is -2.15. The van der Waals surface area contributed by atoms with Crippen LogP contribution in [0, 0.1) is 17.5 Å². The van der Waals surface area contributed by atoms with Crippen LogP contribution >= 0.6 is 0 Å². The Bertz CT molecular complexity index is 947. The first-order chi connectivity index (χ1) is 13.5. The maximum Gasteiger partial charge on any atom is 0.274 e. The molecule has 0 radical (unpaired) electrons. The largest absolute Gasteiger partial charge is 0.384 e. The van der Waals surface area contributed by atoms with Crippen molar-refractivity contribution in [1.29, 1.82) is 0 Å². The minimum absolute atomic E-state index is 0.0268. The summed E-state index contributed by atoms with van der Waals surface area (Å²) in [6.45, 7) is 0.738. The summed E-state index contributed by atoms with van der Waals surface area (Å²) in [5.74, 6) is -5.14. The van der Waals surface area contributed by atoms with E-state index in [9.17, 15) is 18.0 Å². The first kappa shape index (κ1) is 19.4. The number of carbonyl (C=O) groups excluding carboxylic acids is 1. The highest BCUT2D eigenvalue weighted by Gasteiger charge is 2.16. The molecule has 0 unspecified atom stereocenters. The number of rotatable bonds is 7. The lowest BCUT2D eigenvalue weighted by Gasteiger charge is -2.09. The normalized spacial score (nSPS) is 10.5. The monoisotopic (exact) mass is 385 g/mol. The fourth-order valence-electron chi connectivity index (χ4n) is 2.61. The lowest BCUT2D eigenvalue weighted by molar-refractivity contribution is 0.102. The number of amides is 1. The lowest BCUT2D eigenvalue weighted by atomic mass is 10.1. The quantitative estimate of drug-likeness (QED) is 0.454. The zero-order valence-electron chi connectivity index (χ0n) is 14.9. The molecule has 3 rings (SSSR count). The van der Waals surface area contributed by atoms with Crippen LogP contribution in [-0.2, 0) is 6.42 Å². The van der Waals surface area contributed by atoms with E-state index in [4.69, 9.17) is 0 Å². The Hall–Kier alpha value is -3.35. The van der Waals surface area contributed by atoms with E-state index in [0.717, 1.165) is 37.2 Å². The molecule has 144 valence electrons. The van der Waals surface area contributed by atoms with Gasteiger partial charge in [0.1, 0.15) is 5.69 Å². The summed E-state index contributed by atoms with van der Waals surface area (Å²) >= 11 is 0. The second-order valence-corrected chi connectivity index (χ2v) is 6.13. The molecule has 1 amide bonds. The topological polar surface area (TPSA) is 54.0 Å². The molecular formula is C21H18F3N3O. The Kier molecular flexibility index (Phi) is 6.26. The molecule has 2 N–H and O–H groups in total. The van der Waals surface area contributed by atoms with E-state index in [1.165, 1.54) is 17.8 Å². The summed E-state index contributed by atoms with van der Waals surface area (Å²) in [4.78, 5) is 16.1. The number of aromatic nitrogens is 1. The summed E-state index contributed by atoms with van der Waals surface area (Å²) in [6, 6.07) is 15.0. The molecule has 0 aliphatic heterocycles. The molecule has 3 aromatic rings. The average Bonchev–Trinajstić information content (AvgIpc) is 2.73. The van der Waals surface area contributed by atoms with E-state index in [0.29, 0.717) is 0 Å². The molecule has 28 heavy (non-hydrogen) atoms. The van der Waals surface area contributed by atoms with E-state index in [1.807, 2.05) is 18.2 Å². The molecule has 1 heterocycles. The molecule has 0 saturated carbocycles. The maximum atomic E-state index is 13.6. The molecule has 2 aromatic carbocycles. The number of benzene rings is 2. The molecule has 0 bridgehead atoms. The molecule has 4 nitrogen and oxygen atoms in total. The number of anilines is 2. The van der Waals surface area contributed by atoms with Gasteiger partial charge in [0.2, 0.25) is 0 Å². The Morgan fingerprint density at radius 2 is 1.71 bits per heavy atom. The van der Waals surface area contributed by atoms with E-state index in [2.05, 4.69) is 27.8 Å². The summed E-state index contributed by atoms with van der Waals surface area (Å²) in [5.41, 5.74) is 1.58. The van der Waals surface area contributed by atoms with Gasteiger partial charge in [-0.25, -0.2) is 18.2 Å². The molecule has 0 atom stereocenters. The number of nitrogens with one attached hydrogen (secondary N) is 2. The van der Waals surface area contributed by atoms with E-state index >= 15 is 0 Å². The average molecular weight is 385 g/mol. The zero-order valence-corrected chi connectivity index (χ0v) is 14.9. The molecule has 0 aliphatic carbocycles. The van der Waals surface area contributed by atoms with Crippen molar-refractivity contribution in [2.75, 3.05) is 17.2 Å². The third-order valence-electron chi connectivity index (χ3n) is 4.09. The Morgan fingerprint density at radius 3 is 2.43 bits per heavy atom. The molecule has 0 fully saturated rings. The van der Waals surface area contributed by atoms with Crippen LogP contribution in [0.1, 0.15) is 22.5 Å². The van der Waals surface area contributed by atoms with Crippen molar-refractivity contribution < 1.29 is 18.0 Å². The smallest absolute Gasteiger partial charge is 0.274 e. The second kappa shape index (κ2) is 9.03. The maximum absolute atomic E-state index is 13.6. The highest BCUT2D eigenvalue weighted by atomic mass is 19.2. The van der Waals surface area contributed by atoms with Gasteiger partial charge in [0, 0.05) is 6.54 Å². The van der Waals surface area contributed by atoms with Gasteiger partial charge in [0.15, 0.2) is 17.5 Å². The number of pyridine rings is 1. The first-order valence-corrected chi connectivity index (χ1v) is 8.73. The highest BCUT2D eigenvalue weighted by Crippen LogP contribution is 2.20. The molecule has 0 saturated heterocycles. The number of halogens is 3. The number of nitrogens with zero attached hydrogens (tertiary/aromatic N) is 1. The molecule has 1 aromatic heterocycles. The van der Waals surface area contributed by atoms with Crippen LogP contribution in [0.2, 0.25) is 0 Å². The summed E-state index contributed by atoms with van der Waals surface area (Å²) < 4.78 is 39.8. The summed E-state index contributed by atoms with van der Waals surface area (Å²) in [6.07, 6.45) is 3.36. The first-order valence-electron chi connectivity index (χ1n) is 8.73. The minimum atomic E-state index is -1.64. The van der Waals surface area contributed by atoms with Gasteiger partial charge < -0.3 is 10.6 Å². The molecule has 0 spiro atoms. The fraction of sp³-hybridized carbons (Fsp3) is 0.143. The van der Waals surface area contributed by atoms with Crippen molar-refractivity contribution in [1.82, 2.24) is 4.98 Å². The van der Waals surface area contributed by atoms with Crippen molar-refractivity contribution in [3.8, 4) is 0 Å². The summed E-state index contributed by atoms with van der Waals surface area (Å²) in [7, 11) is 0. The van der Waals surface area contributed by atoms with Gasteiger partial charge in [0.25, 0.3) is 5.91 Å². The van der Waals surface area contributed by atoms with Gasteiger partial charge in [-0.05, 0) is 42.7 Å². The van der Waals surface area contributed by atoms with Crippen LogP contribution in [0.15, 0.2) is 60.8 Å². The SMILES string of the molecule is O=C(Nc1ccc(F)c(F)c1F)c1ccc(NCCCc2ccccc2)cn1. The Balaban J connectivity index is 1.52. The van der Waals surface area contributed by atoms with Crippen LogP contribution in [-0.4, -0.2) is 17.4 Å². The minimum Gasteiger partial charge on any atom is -0.384 e. The van der Waals surface area contributed by atoms with Crippen LogP contribution in [0.25, 0.3) is 0 Å². The van der Waals surface area contributed by atoms with Crippen molar-refractivity contribution in [3.63, 3.8) is 0 Å². The van der Waals surface area contributed by atoms with E-state index in [1.54, 1.807) is 6.07 Å². The number of carbonyl (C=O) groups is 1. The van der Waals surface area contributed by atoms with Gasteiger partial charge >= 0.3 is 0 Å². The zero-order chi connectivity index (χ0) is 19.9. The van der Waals surface area contributed by atoms with Crippen molar-refractivity contribution in [2.45, 2.75) is 12.8 Å². The van der Waals surface area contributed by atoms with Crippen LogP contribution < -0.4 is 10.6 Å². The standard InChI is InChI=1S/C21H18F3N3O/c22-16-9-11-17(20(24)19(16)23)27-21(28)18-10-8-15(13-26-18)25-12-4-7-14-5-2-1-3-6-14/h1-3,5-6,8-11,13,25H,4,7,12H2,(H,27,28). The van der Waals surface area contributed by atoms with Crippen molar-refractivity contribution in [3.05, 3.63) is 89.5 Å². The van der Waals surface area contributed by atoms with Gasteiger partial charge in [0.05, 0.1) is 17.6 Å². The number of hydrogen-bond donors (Lipinski definition) is 2. The molecular weight excluding hydrogens is 367 g/mol. The van der Waals surface area contributed by atoms with Gasteiger partial charge in [-0.2, -0.15) is 0 Å². The molecule has 0 aliphatic rings. The Labute approximate surface area is 160 Å². The Morgan fingerprint density at radius 1 is 0.929 bits per heavy atom. The van der Waals surface area contributed by atoms with Gasteiger partial charge in [-0.1, -0.05) is 30.3 Å². The predicted molar refractivity (Wildman–Crippen MR) is 102 cm³/mol. The van der Waals surface area contributed by atoms with Gasteiger partial charge in [-0.3, -0.25) is 4.79 Å². The second-order valence-electron chi connectivity index (χ2n) is 6.13. The van der Waals surface area contributed by atoms with Crippen LogP contribution in [0.3, 0.4) is 0 Å². The molecule has 7 heteroatoms. The number of aryl methyl sites for hydroxylation is 1. The van der Waals surface area contributed by atoms with E-state index < -0.39 is 29.0 Å². The predicted octanol–water partition coefficient (Wildman–Crippen LogP) is 4.80. The van der Waals surface area contributed by atoms with Crippen LogP contribution in [0.4, 0.5) is 24.5 Å². The van der Waals surface area contributed by atoms with Crippen molar-refractivity contribution in [2.24, 2.45) is 0 Å². The third-order valence-corrected chi connectivity index (χ3v) is 4.09. The van der Waals surface area contributed by atoms with Crippen molar-refractivity contribution >= 4 is 17.3 Å². The number of hydrogen-bond acceptors (Lipinski definition) is 3.